The van der Waals surface area contributed by atoms with Gasteiger partial charge in [0.25, 0.3) is 0 Å². The highest BCUT2D eigenvalue weighted by Crippen LogP contribution is 2.25. The molecule has 1 aliphatic heterocycles. The molecule has 1 heterocycles. The van der Waals surface area contributed by atoms with Gasteiger partial charge in [0, 0.05) is 44.2 Å². The molecule has 0 bridgehead atoms. The van der Waals surface area contributed by atoms with Crippen LogP contribution in [0.2, 0.25) is 10.0 Å². The van der Waals surface area contributed by atoms with Crippen molar-refractivity contribution < 1.29 is 9.53 Å². The Morgan fingerprint density at radius 3 is 2.73 bits per heavy atom. The summed E-state index contributed by atoms with van der Waals surface area (Å²) in [5, 5.41) is 7.05. The Bertz CT molecular complexity index is 494. The van der Waals surface area contributed by atoms with Crippen molar-refractivity contribution >= 4 is 34.8 Å². The average molecular weight is 346 g/mol. The lowest BCUT2D eigenvalue weighted by Gasteiger charge is -2.26. The summed E-state index contributed by atoms with van der Waals surface area (Å²) in [6.07, 6.45) is 0.405. The summed E-state index contributed by atoms with van der Waals surface area (Å²) in [4.78, 5) is 14.2. The number of benzene rings is 1. The number of nitrogens with zero attached hydrogens (tertiary/aromatic N) is 1. The molecule has 2 rings (SSSR count). The van der Waals surface area contributed by atoms with Crippen molar-refractivity contribution in [3.05, 3.63) is 28.2 Å². The van der Waals surface area contributed by atoms with Gasteiger partial charge in [-0.2, -0.15) is 0 Å². The molecule has 1 aromatic carbocycles. The van der Waals surface area contributed by atoms with Crippen molar-refractivity contribution in [2.75, 3.05) is 51.3 Å². The third kappa shape index (κ3) is 6.10. The molecule has 0 radical (unpaired) electrons. The minimum Gasteiger partial charge on any atom is -0.379 e. The van der Waals surface area contributed by atoms with Gasteiger partial charge in [-0.15, -0.1) is 0 Å². The lowest BCUT2D eigenvalue weighted by Crippen LogP contribution is -2.40. The lowest BCUT2D eigenvalue weighted by molar-refractivity contribution is -0.116. The van der Waals surface area contributed by atoms with E-state index in [1.807, 2.05) is 0 Å². The second-order valence-corrected chi connectivity index (χ2v) is 5.97. The molecular weight excluding hydrogens is 325 g/mol. The van der Waals surface area contributed by atoms with Gasteiger partial charge in [-0.3, -0.25) is 9.69 Å². The first-order valence-corrected chi connectivity index (χ1v) is 8.16. The van der Waals surface area contributed by atoms with Gasteiger partial charge < -0.3 is 15.4 Å². The van der Waals surface area contributed by atoms with E-state index in [0.29, 0.717) is 28.7 Å². The van der Waals surface area contributed by atoms with Crippen molar-refractivity contribution in [3.63, 3.8) is 0 Å². The number of nitrogens with one attached hydrogen (secondary N) is 2. The molecule has 0 aliphatic carbocycles. The summed E-state index contributed by atoms with van der Waals surface area (Å²) in [6, 6.07) is 5.01. The maximum Gasteiger partial charge on any atom is 0.225 e. The van der Waals surface area contributed by atoms with Gasteiger partial charge in [0.15, 0.2) is 0 Å². The van der Waals surface area contributed by atoms with Gasteiger partial charge in [-0.25, -0.2) is 0 Å². The van der Waals surface area contributed by atoms with Gasteiger partial charge in [0.1, 0.15) is 0 Å². The van der Waals surface area contributed by atoms with Gasteiger partial charge >= 0.3 is 0 Å². The van der Waals surface area contributed by atoms with Crippen LogP contribution in [0.4, 0.5) is 5.69 Å². The van der Waals surface area contributed by atoms with E-state index in [1.165, 1.54) is 0 Å². The summed E-state index contributed by atoms with van der Waals surface area (Å²) in [7, 11) is 0. The molecule has 0 spiro atoms. The Morgan fingerprint density at radius 2 is 2.00 bits per heavy atom. The maximum atomic E-state index is 11.8. The second kappa shape index (κ2) is 9.33. The molecule has 0 unspecified atom stereocenters. The number of hydrogen-bond donors (Lipinski definition) is 2. The van der Waals surface area contributed by atoms with E-state index in [4.69, 9.17) is 27.9 Å². The molecular formula is C15H21Cl2N3O2. The highest BCUT2D eigenvalue weighted by Gasteiger charge is 2.09. The molecule has 2 N–H and O–H groups in total. The number of halogens is 2. The molecule has 0 saturated carbocycles. The van der Waals surface area contributed by atoms with Crippen LogP contribution in [0, 0.1) is 0 Å². The maximum absolute atomic E-state index is 11.8. The minimum atomic E-state index is -0.0666. The van der Waals surface area contributed by atoms with Crippen LogP contribution in [0.15, 0.2) is 18.2 Å². The number of carbonyl (C=O) groups is 1. The van der Waals surface area contributed by atoms with Crippen LogP contribution >= 0.6 is 23.2 Å². The smallest absolute Gasteiger partial charge is 0.225 e. The highest BCUT2D eigenvalue weighted by molar-refractivity contribution is 6.36. The van der Waals surface area contributed by atoms with Gasteiger partial charge in [-0.1, -0.05) is 23.2 Å². The molecule has 1 saturated heterocycles. The van der Waals surface area contributed by atoms with Gasteiger partial charge in [0.2, 0.25) is 5.91 Å². The number of rotatable bonds is 7. The second-order valence-electron chi connectivity index (χ2n) is 5.13. The molecule has 0 atom stereocenters. The summed E-state index contributed by atoms with van der Waals surface area (Å²) in [5.41, 5.74) is 0.587. The number of amides is 1. The van der Waals surface area contributed by atoms with E-state index in [-0.39, 0.29) is 5.91 Å². The van der Waals surface area contributed by atoms with Gasteiger partial charge in [0.05, 0.1) is 23.9 Å². The van der Waals surface area contributed by atoms with E-state index >= 15 is 0 Å². The molecule has 122 valence electrons. The van der Waals surface area contributed by atoms with Crippen LogP contribution < -0.4 is 10.6 Å². The normalized spacial score (nSPS) is 15.7. The van der Waals surface area contributed by atoms with Crippen molar-refractivity contribution in [1.29, 1.82) is 0 Å². The first-order chi connectivity index (χ1) is 10.6. The SMILES string of the molecule is O=C(CCNCCN1CCOCC1)Nc1ccc(Cl)cc1Cl. The lowest BCUT2D eigenvalue weighted by atomic mass is 10.3. The zero-order valence-corrected chi connectivity index (χ0v) is 13.9. The van der Waals surface area contributed by atoms with Crippen LogP contribution in [-0.4, -0.2) is 56.7 Å². The third-order valence-electron chi connectivity index (χ3n) is 3.44. The number of carbonyl (C=O) groups excluding carboxylic acids is 1. The summed E-state index contributed by atoms with van der Waals surface area (Å²) in [6.45, 7) is 6.08. The minimum absolute atomic E-state index is 0.0666. The number of morpholine rings is 1. The predicted octanol–water partition coefficient (Wildman–Crippen LogP) is 2.24. The quantitative estimate of drug-likeness (QED) is 0.744. The summed E-state index contributed by atoms with van der Waals surface area (Å²) >= 11 is 11.8. The standard InChI is InChI=1S/C15H21Cl2N3O2/c16-12-1-2-14(13(17)11-12)19-15(21)3-4-18-5-6-20-7-9-22-10-8-20/h1-2,11,18H,3-10H2,(H,19,21). The fraction of sp³-hybridized carbons (Fsp3) is 0.533. The van der Waals surface area contributed by atoms with Crippen LogP contribution in [0.1, 0.15) is 6.42 Å². The fourth-order valence-corrected chi connectivity index (χ4v) is 2.65. The topological polar surface area (TPSA) is 53.6 Å². The predicted molar refractivity (Wildman–Crippen MR) is 89.8 cm³/mol. The molecule has 5 nitrogen and oxygen atoms in total. The van der Waals surface area contributed by atoms with E-state index in [2.05, 4.69) is 15.5 Å². The van der Waals surface area contributed by atoms with Crippen molar-refractivity contribution in [1.82, 2.24) is 10.2 Å². The van der Waals surface area contributed by atoms with Gasteiger partial charge in [-0.05, 0) is 18.2 Å². The molecule has 1 fully saturated rings. The summed E-state index contributed by atoms with van der Waals surface area (Å²) in [5.74, 6) is -0.0666. The Kier molecular flexibility index (Phi) is 7.42. The first-order valence-electron chi connectivity index (χ1n) is 7.41. The number of anilines is 1. The highest BCUT2D eigenvalue weighted by atomic mass is 35.5. The molecule has 22 heavy (non-hydrogen) atoms. The zero-order chi connectivity index (χ0) is 15.8. The Labute approximate surface area is 140 Å². The summed E-state index contributed by atoms with van der Waals surface area (Å²) < 4.78 is 5.30. The van der Waals surface area contributed by atoms with Crippen molar-refractivity contribution in [2.24, 2.45) is 0 Å². The van der Waals surface area contributed by atoms with Crippen molar-refractivity contribution in [3.8, 4) is 0 Å². The molecule has 1 aliphatic rings. The van der Waals surface area contributed by atoms with Crippen LogP contribution in [0.25, 0.3) is 0 Å². The van der Waals surface area contributed by atoms with E-state index in [1.54, 1.807) is 18.2 Å². The molecule has 0 aromatic heterocycles. The fourth-order valence-electron chi connectivity index (χ4n) is 2.19. The van der Waals surface area contributed by atoms with Crippen molar-refractivity contribution in [2.45, 2.75) is 6.42 Å². The molecule has 1 amide bonds. The Morgan fingerprint density at radius 1 is 1.23 bits per heavy atom. The largest absolute Gasteiger partial charge is 0.379 e. The molecule has 7 heteroatoms. The van der Waals surface area contributed by atoms with Crippen LogP contribution in [0.3, 0.4) is 0 Å². The third-order valence-corrected chi connectivity index (χ3v) is 3.99. The Hall–Kier alpha value is -0.850. The average Bonchev–Trinajstić information content (AvgIpc) is 2.51. The first kappa shape index (κ1) is 17.5. The monoisotopic (exact) mass is 345 g/mol. The van der Waals surface area contributed by atoms with E-state index < -0.39 is 0 Å². The number of ether oxygens (including phenoxy) is 1. The van der Waals surface area contributed by atoms with E-state index in [0.717, 1.165) is 39.4 Å². The number of hydrogen-bond acceptors (Lipinski definition) is 4. The van der Waals surface area contributed by atoms with Crippen LogP contribution in [-0.2, 0) is 9.53 Å². The van der Waals surface area contributed by atoms with Crippen LogP contribution in [0.5, 0.6) is 0 Å². The zero-order valence-electron chi connectivity index (χ0n) is 12.4. The molecule has 1 aromatic rings. The van der Waals surface area contributed by atoms with E-state index in [9.17, 15) is 4.79 Å². The Balaban J connectivity index is 1.59.